The minimum Gasteiger partial charge on any atom is -0.444 e. The van der Waals surface area contributed by atoms with Gasteiger partial charge in [0.2, 0.25) is 0 Å². The molecule has 0 saturated heterocycles. The number of methoxy groups -OCH3 is 1. The van der Waals surface area contributed by atoms with Crippen LogP contribution in [0.4, 0.5) is 4.79 Å². The molecule has 0 aromatic carbocycles. The van der Waals surface area contributed by atoms with Crippen LogP contribution >= 0.6 is 0 Å². The summed E-state index contributed by atoms with van der Waals surface area (Å²) in [6.07, 6.45) is -0.296. The van der Waals surface area contributed by atoms with E-state index in [-0.39, 0.29) is 17.6 Å². The van der Waals surface area contributed by atoms with Crippen molar-refractivity contribution in [2.75, 3.05) is 40.3 Å². The van der Waals surface area contributed by atoms with Crippen molar-refractivity contribution in [2.24, 2.45) is 10.4 Å². The lowest BCUT2D eigenvalue weighted by molar-refractivity contribution is 0.0241. The van der Waals surface area contributed by atoms with Gasteiger partial charge < -0.3 is 25.0 Å². The number of aliphatic imine (C=N–C) groups is 1. The third-order valence-electron chi connectivity index (χ3n) is 3.45. The summed E-state index contributed by atoms with van der Waals surface area (Å²) in [7, 11) is 3.43. The molecule has 2 N–H and O–H groups in total. The van der Waals surface area contributed by atoms with E-state index in [1.165, 1.54) is 0 Å². The Morgan fingerprint density at radius 2 is 1.76 bits per heavy atom. The average molecular weight is 359 g/mol. The van der Waals surface area contributed by atoms with Gasteiger partial charge in [-0.1, -0.05) is 20.8 Å². The van der Waals surface area contributed by atoms with Crippen molar-refractivity contribution in [2.45, 2.75) is 60.2 Å². The van der Waals surface area contributed by atoms with E-state index in [0.29, 0.717) is 25.6 Å². The van der Waals surface area contributed by atoms with Crippen molar-refractivity contribution in [3.05, 3.63) is 0 Å². The largest absolute Gasteiger partial charge is 0.444 e. The monoisotopic (exact) mass is 358 g/mol. The second kappa shape index (κ2) is 10.5. The van der Waals surface area contributed by atoms with Gasteiger partial charge in [-0.05, 0) is 33.1 Å². The Morgan fingerprint density at radius 1 is 1.16 bits per heavy atom. The number of guanidine groups is 1. The molecular weight excluding hydrogens is 320 g/mol. The van der Waals surface area contributed by atoms with E-state index in [9.17, 15) is 4.79 Å². The fourth-order valence-corrected chi connectivity index (χ4v) is 1.99. The Bertz CT molecular complexity index is 425. The van der Waals surface area contributed by atoms with Gasteiger partial charge in [-0.3, -0.25) is 4.99 Å². The minimum atomic E-state index is -0.489. The number of likely N-dealkylation sites (N-methyl/N-ethyl adjacent to an activating group) is 1. The molecule has 0 spiro atoms. The van der Waals surface area contributed by atoms with Crippen molar-refractivity contribution in [3.8, 4) is 0 Å². The summed E-state index contributed by atoms with van der Waals surface area (Å²) in [6, 6.07) is 0. The molecule has 0 bridgehead atoms. The van der Waals surface area contributed by atoms with Crippen LogP contribution in [0.3, 0.4) is 0 Å². The van der Waals surface area contributed by atoms with E-state index in [4.69, 9.17) is 9.47 Å². The van der Waals surface area contributed by atoms with Crippen molar-refractivity contribution in [3.63, 3.8) is 0 Å². The molecule has 0 saturated carbocycles. The van der Waals surface area contributed by atoms with E-state index < -0.39 is 5.60 Å². The molecule has 0 aliphatic carbocycles. The van der Waals surface area contributed by atoms with Crippen molar-refractivity contribution in [1.29, 1.82) is 0 Å². The molecule has 0 aliphatic rings. The van der Waals surface area contributed by atoms with Gasteiger partial charge in [0.1, 0.15) is 5.60 Å². The molecule has 1 atom stereocenters. The third-order valence-corrected chi connectivity index (χ3v) is 3.45. The van der Waals surface area contributed by atoms with Crippen LogP contribution < -0.4 is 10.6 Å². The molecule has 7 nitrogen and oxygen atoms in total. The maximum absolute atomic E-state index is 11.9. The molecule has 0 aliphatic heterocycles. The molecule has 0 heterocycles. The van der Waals surface area contributed by atoms with Gasteiger partial charge in [0.05, 0.1) is 12.6 Å². The van der Waals surface area contributed by atoms with E-state index in [1.54, 1.807) is 19.1 Å². The highest BCUT2D eigenvalue weighted by molar-refractivity contribution is 5.79. The van der Waals surface area contributed by atoms with Gasteiger partial charge in [0.15, 0.2) is 5.96 Å². The summed E-state index contributed by atoms with van der Waals surface area (Å²) in [6.45, 7) is 16.4. The molecule has 0 aromatic heterocycles. The fourth-order valence-electron chi connectivity index (χ4n) is 1.99. The molecular formula is C18H38N4O3. The Balaban J connectivity index is 4.53. The van der Waals surface area contributed by atoms with Crippen LogP contribution in [0.25, 0.3) is 0 Å². The number of carbonyl (C=O) groups is 1. The van der Waals surface area contributed by atoms with Gasteiger partial charge in [0, 0.05) is 33.8 Å². The molecule has 0 fully saturated rings. The number of hydrogen-bond donors (Lipinski definition) is 2. The molecule has 148 valence electrons. The maximum Gasteiger partial charge on any atom is 0.410 e. The summed E-state index contributed by atoms with van der Waals surface area (Å²) < 4.78 is 10.9. The first-order valence-electron chi connectivity index (χ1n) is 8.89. The van der Waals surface area contributed by atoms with Gasteiger partial charge in [-0.15, -0.1) is 0 Å². The highest BCUT2D eigenvalue weighted by atomic mass is 16.6. The Labute approximate surface area is 153 Å². The Morgan fingerprint density at radius 3 is 2.20 bits per heavy atom. The van der Waals surface area contributed by atoms with Crippen molar-refractivity contribution < 1.29 is 14.3 Å². The summed E-state index contributed by atoms with van der Waals surface area (Å²) in [5.74, 6) is 0.714. The standard InChI is InChI=1S/C18H38N4O3/c1-10-19-15(21-13-14(24-9)17(2,3)4)20-11-12-22(8)16(23)25-18(5,6)7/h14H,10-13H2,1-9H3,(H2,19,20,21). The zero-order chi connectivity index (χ0) is 19.7. The van der Waals surface area contributed by atoms with E-state index in [0.717, 1.165) is 6.54 Å². The third kappa shape index (κ3) is 10.9. The van der Waals surface area contributed by atoms with Crippen LogP contribution in [-0.4, -0.2) is 69.0 Å². The van der Waals surface area contributed by atoms with Gasteiger partial charge in [-0.2, -0.15) is 0 Å². The normalized spacial score (nSPS) is 14.0. The van der Waals surface area contributed by atoms with Gasteiger partial charge in [0.25, 0.3) is 0 Å². The molecule has 7 heteroatoms. The predicted molar refractivity (Wildman–Crippen MR) is 103 cm³/mol. The van der Waals surface area contributed by atoms with Gasteiger partial charge in [-0.25, -0.2) is 4.79 Å². The topological polar surface area (TPSA) is 75.2 Å². The van der Waals surface area contributed by atoms with Crippen molar-refractivity contribution >= 4 is 12.1 Å². The number of nitrogens with zero attached hydrogens (tertiary/aromatic N) is 2. The molecule has 1 amide bonds. The lowest BCUT2D eigenvalue weighted by Gasteiger charge is -2.28. The molecule has 1 unspecified atom stereocenters. The first-order chi connectivity index (χ1) is 11.4. The fraction of sp³-hybridized carbons (Fsp3) is 0.889. The highest BCUT2D eigenvalue weighted by Gasteiger charge is 2.24. The SMILES string of the molecule is CCNC(=NCC(OC)C(C)(C)C)NCCN(C)C(=O)OC(C)(C)C. The number of ether oxygens (including phenoxy) is 2. The summed E-state index contributed by atoms with van der Waals surface area (Å²) in [4.78, 5) is 18.1. The summed E-state index contributed by atoms with van der Waals surface area (Å²) in [5, 5.41) is 6.44. The van der Waals surface area contributed by atoms with Crippen LogP contribution in [0.15, 0.2) is 4.99 Å². The molecule has 0 rings (SSSR count). The smallest absolute Gasteiger partial charge is 0.410 e. The zero-order valence-electron chi connectivity index (χ0n) is 17.5. The number of carbonyl (C=O) groups excluding carboxylic acids is 1. The van der Waals surface area contributed by atoms with E-state index in [2.05, 4.69) is 36.4 Å². The number of amides is 1. The number of hydrogen-bond acceptors (Lipinski definition) is 4. The Kier molecular flexibility index (Phi) is 9.85. The van der Waals surface area contributed by atoms with Crippen LogP contribution in [0.5, 0.6) is 0 Å². The predicted octanol–water partition coefficient (Wildman–Crippen LogP) is 2.47. The Hall–Kier alpha value is -1.50. The van der Waals surface area contributed by atoms with E-state index >= 15 is 0 Å². The first-order valence-corrected chi connectivity index (χ1v) is 8.89. The highest BCUT2D eigenvalue weighted by Crippen LogP contribution is 2.21. The van der Waals surface area contributed by atoms with Crippen LogP contribution in [0.1, 0.15) is 48.5 Å². The average Bonchev–Trinajstić information content (AvgIpc) is 2.44. The van der Waals surface area contributed by atoms with Crippen LogP contribution in [-0.2, 0) is 9.47 Å². The van der Waals surface area contributed by atoms with Gasteiger partial charge >= 0.3 is 6.09 Å². The van der Waals surface area contributed by atoms with Crippen LogP contribution in [0.2, 0.25) is 0 Å². The molecule has 0 radical (unpaired) electrons. The second-order valence-electron chi connectivity index (χ2n) is 8.14. The lowest BCUT2D eigenvalue weighted by Crippen LogP contribution is -2.43. The van der Waals surface area contributed by atoms with Crippen molar-refractivity contribution in [1.82, 2.24) is 15.5 Å². The minimum absolute atomic E-state index is 0.0203. The first kappa shape index (κ1) is 23.5. The summed E-state index contributed by atoms with van der Waals surface area (Å²) >= 11 is 0. The molecule has 0 aromatic rings. The maximum atomic E-state index is 11.9. The number of rotatable bonds is 7. The molecule has 25 heavy (non-hydrogen) atoms. The second-order valence-corrected chi connectivity index (χ2v) is 8.14. The van der Waals surface area contributed by atoms with E-state index in [1.807, 2.05) is 27.7 Å². The zero-order valence-corrected chi connectivity index (χ0v) is 17.5. The summed E-state index contributed by atoms with van der Waals surface area (Å²) in [5.41, 5.74) is -0.468. The number of nitrogens with one attached hydrogen (secondary N) is 2. The lowest BCUT2D eigenvalue weighted by atomic mass is 9.89. The quantitative estimate of drug-likeness (QED) is 0.540. The van der Waals surface area contributed by atoms with Crippen LogP contribution in [0, 0.1) is 5.41 Å².